The first-order chi connectivity index (χ1) is 12.0. The van der Waals surface area contributed by atoms with Crippen LogP contribution in [-0.4, -0.2) is 18.8 Å². The summed E-state index contributed by atoms with van der Waals surface area (Å²) in [7, 11) is 0. The van der Waals surface area contributed by atoms with Gasteiger partial charge in [-0.3, -0.25) is 4.79 Å². The van der Waals surface area contributed by atoms with E-state index in [9.17, 15) is 18.0 Å². The largest absolute Gasteiger partial charge is 0.492 e. The van der Waals surface area contributed by atoms with E-state index in [0.717, 1.165) is 35.8 Å². The van der Waals surface area contributed by atoms with Crippen molar-refractivity contribution >= 4 is 6.29 Å². The second-order valence-corrected chi connectivity index (χ2v) is 6.86. The standard InChI is InChI=1S/C20H17F3O2/c21-16-5-3-14(4-6-16)19-17(13-1-2-13)7-12(10-24)8-18(19)25-11-15-9-20(15,22)23/h3-8,10,13,15H,1-2,9,11H2/t15-/m1/s1. The number of hydrogen-bond donors (Lipinski definition) is 0. The number of benzene rings is 2. The van der Waals surface area contributed by atoms with Crippen molar-refractivity contribution < 1.29 is 22.7 Å². The van der Waals surface area contributed by atoms with Crippen LogP contribution >= 0.6 is 0 Å². The summed E-state index contributed by atoms with van der Waals surface area (Å²) in [6, 6.07) is 9.42. The maximum atomic E-state index is 13.3. The number of hydrogen-bond acceptors (Lipinski definition) is 2. The number of carbonyl (C=O) groups is 1. The van der Waals surface area contributed by atoms with Crippen LogP contribution in [0.1, 0.15) is 41.1 Å². The summed E-state index contributed by atoms with van der Waals surface area (Å²) in [4.78, 5) is 11.3. The molecule has 2 nitrogen and oxygen atoms in total. The molecule has 4 rings (SSSR count). The molecule has 0 saturated heterocycles. The fraction of sp³-hybridized carbons (Fsp3) is 0.350. The quantitative estimate of drug-likeness (QED) is 0.671. The van der Waals surface area contributed by atoms with Crippen LogP contribution in [0.25, 0.3) is 11.1 Å². The average molecular weight is 346 g/mol. The van der Waals surface area contributed by atoms with Crippen LogP contribution in [0, 0.1) is 11.7 Å². The van der Waals surface area contributed by atoms with Crippen LogP contribution in [-0.2, 0) is 0 Å². The van der Waals surface area contributed by atoms with Crippen molar-refractivity contribution in [2.75, 3.05) is 6.61 Å². The van der Waals surface area contributed by atoms with Gasteiger partial charge < -0.3 is 4.74 Å². The van der Waals surface area contributed by atoms with Gasteiger partial charge >= 0.3 is 0 Å². The highest BCUT2D eigenvalue weighted by Crippen LogP contribution is 2.50. The lowest BCUT2D eigenvalue weighted by molar-refractivity contribution is 0.0856. The molecule has 130 valence electrons. The molecule has 2 aliphatic rings. The van der Waals surface area contributed by atoms with Crippen molar-refractivity contribution in [2.45, 2.75) is 31.1 Å². The molecule has 0 radical (unpaired) electrons. The summed E-state index contributed by atoms with van der Waals surface area (Å²) >= 11 is 0. The lowest BCUT2D eigenvalue weighted by atomic mass is 9.93. The Kier molecular flexibility index (Phi) is 3.82. The summed E-state index contributed by atoms with van der Waals surface area (Å²) in [5, 5.41) is 0. The SMILES string of the molecule is O=Cc1cc(OC[C@H]2CC2(F)F)c(-c2ccc(F)cc2)c(C2CC2)c1. The molecule has 0 amide bonds. The molecule has 0 N–H and O–H groups in total. The van der Waals surface area contributed by atoms with E-state index in [-0.39, 0.29) is 18.8 Å². The van der Waals surface area contributed by atoms with E-state index in [1.807, 2.05) is 6.07 Å². The lowest BCUT2D eigenvalue weighted by Gasteiger charge is -2.17. The van der Waals surface area contributed by atoms with Crippen LogP contribution in [0.5, 0.6) is 5.75 Å². The summed E-state index contributed by atoms with van der Waals surface area (Å²) in [6.45, 7) is -0.0897. The highest BCUT2D eigenvalue weighted by Gasteiger charge is 2.57. The van der Waals surface area contributed by atoms with E-state index in [4.69, 9.17) is 4.74 Å². The molecule has 0 heterocycles. The van der Waals surface area contributed by atoms with Crippen molar-refractivity contribution in [1.82, 2.24) is 0 Å². The molecular weight excluding hydrogens is 329 g/mol. The Morgan fingerprint density at radius 3 is 2.40 bits per heavy atom. The van der Waals surface area contributed by atoms with Crippen molar-refractivity contribution in [2.24, 2.45) is 5.92 Å². The van der Waals surface area contributed by atoms with Crippen LogP contribution in [0.2, 0.25) is 0 Å². The number of aldehydes is 1. The number of alkyl halides is 2. The van der Waals surface area contributed by atoms with Crippen LogP contribution in [0.4, 0.5) is 13.2 Å². The minimum Gasteiger partial charge on any atom is -0.492 e. The Morgan fingerprint density at radius 1 is 1.16 bits per heavy atom. The van der Waals surface area contributed by atoms with Gasteiger partial charge in [0.1, 0.15) is 17.9 Å². The summed E-state index contributed by atoms with van der Waals surface area (Å²) < 4.78 is 45.3. The Labute approximate surface area is 143 Å². The molecule has 2 aromatic carbocycles. The second kappa shape index (κ2) is 5.90. The van der Waals surface area contributed by atoms with Gasteiger partial charge in [-0.15, -0.1) is 0 Å². The van der Waals surface area contributed by atoms with Gasteiger partial charge in [-0.05, 0) is 54.2 Å². The van der Waals surface area contributed by atoms with Crippen LogP contribution in [0.15, 0.2) is 36.4 Å². The molecule has 2 fully saturated rings. The minimum absolute atomic E-state index is 0.0897. The first-order valence-corrected chi connectivity index (χ1v) is 8.37. The number of halogens is 3. The van der Waals surface area contributed by atoms with Crippen LogP contribution < -0.4 is 4.74 Å². The molecule has 5 heteroatoms. The summed E-state index contributed by atoms with van der Waals surface area (Å²) in [6.07, 6.45) is 2.59. The molecule has 0 aromatic heterocycles. The Morgan fingerprint density at radius 2 is 1.84 bits per heavy atom. The Bertz CT molecular complexity index is 810. The molecule has 25 heavy (non-hydrogen) atoms. The maximum absolute atomic E-state index is 13.3. The first-order valence-electron chi connectivity index (χ1n) is 8.37. The van der Waals surface area contributed by atoms with Gasteiger partial charge in [-0.2, -0.15) is 0 Å². The maximum Gasteiger partial charge on any atom is 0.255 e. The van der Waals surface area contributed by atoms with Gasteiger partial charge in [0.25, 0.3) is 5.92 Å². The predicted molar refractivity (Wildman–Crippen MR) is 87.7 cm³/mol. The highest BCUT2D eigenvalue weighted by atomic mass is 19.3. The van der Waals surface area contributed by atoms with E-state index in [1.165, 1.54) is 12.1 Å². The smallest absolute Gasteiger partial charge is 0.255 e. The highest BCUT2D eigenvalue weighted by molar-refractivity contribution is 5.83. The van der Waals surface area contributed by atoms with E-state index < -0.39 is 11.8 Å². The first kappa shape index (κ1) is 16.2. The number of carbonyl (C=O) groups excluding carboxylic acids is 1. The van der Waals surface area contributed by atoms with Gasteiger partial charge in [-0.25, -0.2) is 13.2 Å². The third-order valence-corrected chi connectivity index (χ3v) is 4.84. The van der Waals surface area contributed by atoms with Crippen molar-refractivity contribution in [3.8, 4) is 16.9 Å². The zero-order chi connectivity index (χ0) is 17.6. The third-order valence-electron chi connectivity index (χ3n) is 4.84. The normalized spacial score (nSPS) is 21.0. The van der Waals surface area contributed by atoms with E-state index in [1.54, 1.807) is 18.2 Å². The van der Waals surface area contributed by atoms with Gasteiger partial charge in [0.05, 0.1) is 12.5 Å². The molecule has 0 aliphatic heterocycles. The summed E-state index contributed by atoms with van der Waals surface area (Å²) in [5.41, 5.74) is 2.97. The molecule has 0 spiro atoms. The van der Waals surface area contributed by atoms with E-state index in [0.29, 0.717) is 17.2 Å². The van der Waals surface area contributed by atoms with Gasteiger partial charge in [-0.1, -0.05) is 12.1 Å². The van der Waals surface area contributed by atoms with Crippen LogP contribution in [0.3, 0.4) is 0 Å². The van der Waals surface area contributed by atoms with Crippen molar-refractivity contribution in [1.29, 1.82) is 0 Å². The fourth-order valence-electron chi connectivity index (χ4n) is 3.12. The molecule has 0 unspecified atom stereocenters. The van der Waals surface area contributed by atoms with E-state index in [2.05, 4.69) is 0 Å². The second-order valence-electron chi connectivity index (χ2n) is 6.86. The van der Waals surface area contributed by atoms with Crippen molar-refractivity contribution in [3.63, 3.8) is 0 Å². The fourth-order valence-corrected chi connectivity index (χ4v) is 3.12. The molecular formula is C20H17F3O2. The molecule has 1 atom stereocenters. The number of rotatable bonds is 6. The van der Waals surface area contributed by atoms with Gasteiger partial charge in [0.15, 0.2) is 0 Å². The zero-order valence-electron chi connectivity index (χ0n) is 13.5. The molecule has 2 aromatic rings. The molecule has 2 saturated carbocycles. The Balaban J connectivity index is 1.75. The topological polar surface area (TPSA) is 26.3 Å². The predicted octanol–water partition coefficient (Wildman–Crippen LogP) is 5.22. The van der Waals surface area contributed by atoms with Crippen molar-refractivity contribution in [3.05, 3.63) is 53.3 Å². The molecule has 2 aliphatic carbocycles. The van der Waals surface area contributed by atoms with Gasteiger partial charge in [0.2, 0.25) is 0 Å². The summed E-state index contributed by atoms with van der Waals surface area (Å²) in [5.74, 6) is -3.04. The van der Waals surface area contributed by atoms with Gasteiger partial charge in [0, 0.05) is 17.5 Å². The van der Waals surface area contributed by atoms with E-state index >= 15 is 0 Å². The minimum atomic E-state index is -2.66. The number of ether oxygens (including phenoxy) is 1. The third kappa shape index (κ3) is 3.28. The average Bonchev–Trinajstić information content (AvgIpc) is 3.50. The lowest BCUT2D eigenvalue weighted by Crippen LogP contribution is -2.07. The molecule has 0 bridgehead atoms. The zero-order valence-corrected chi connectivity index (χ0v) is 13.5. The Hall–Kier alpha value is -2.30. The monoisotopic (exact) mass is 346 g/mol.